The van der Waals surface area contributed by atoms with E-state index in [1.54, 1.807) is 0 Å². The van der Waals surface area contributed by atoms with Gasteiger partial charge in [0.05, 0.1) is 12.3 Å². The predicted molar refractivity (Wildman–Crippen MR) is 72.4 cm³/mol. The summed E-state index contributed by atoms with van der Waals surface area (Å²) in [4.78, 5) is 2.54. The van der Waals surface area contributed by atoms with Crippen molar-refractivity contribution in [1.82, 2.24) is 14.7 Å². The maximum Gasteiger partial charge on any atom is 0.0527 e. The van der Waals surface area contributed by atoms with Crippen LogP contribution in [0.4, 0.5) is 0 Å². The van der Waals surface area contributed by atoms with Gasteiger partial charge in [-0.3, -0.25) is 4.68 Å². The molecule has 4 heteroatoms. The Kier molecular flexibility index (Phi) is 4.78. The van der Waals surface area contributed by atoms with Gasteiger partial charge >= 0.3 is 0 Å². The minimum Gasteiger partial charge on any atom is -0.393 e. The molecular weight excluding hydrogens is 226 g/mol. The van der Waals surface area contributed by atoms with E-state index in [2.05, 4.69) is 16.2 Å². The Morgan fingerprint density at radius 2 is 2.39 bits per heavy atom. The zero-order valence-corrected chi connectivity index (χ0v) is 11.5. The second-order valence-corrected chi connectivity index (χ2v) is 5.54. The molecule has 1 fully saturated rings. The molecule has 18 heavy (non-hydrogen) atoms. The van der Waals surface area contributed by atoms with Crippen LogP contribution < -0.4 is 0 Å². The highest BCUT2D eigenvalue weighted by Crippen LogP contribution is 2.21. The Hall–Kier alpha value is -0.870. The van der Waals surface area contributed by atoms with Gasteiger partial charge in [-0.1, -0.05) is 0 Å². The molecule has 0 aliphatic carbocycles. The summed E-state index contributed by atoms with van der Waals surface area (Å²) in [6.07, 6.45) is 9.62. The van der Waals surface area contributed by atoms with Gasteiger partial charge in [0.25, 0.3) is 0 Å². The molecule has 1 aromatic heterocycles. The summed E-state index contributed by atoms with van der Waals surface area (Å²) in [5, 5.41) is 13.7. The fraction of sp³-hybridized carbons (Fsp3) is 0.786. The summed E-state index contributed by atoms with van der Waals surface area (Å²) in [6, 6.07) is 0.596. The highest BCUT2D eigenvalue weighted by atomic mass is 16.3. The summed E-state index contributed by atoms with van der Waals surface area (Å²) >= 11 is 0. The van der Waals surface area contributed by atoms with Gasteiger partial charge in [0.15, 0.2) is 0 Å². The van der Waals surface area contributed by atoms with Crippen LogP contribution in [0.25, 0.3) is 0 Å². The van der Waals surface area contributed by atoms with E-state index in [0.29, 0.717) is 6.04 Å². The normalized spacial score (nSPS) is 22.5. The number of rotatable bonds is 6. The van der Waals surface area contributed by atoms with E-state index in [1.165, 1.54) is 31.4 Å². The molecule has 1 aliphatic rings. The fourth-order valence-corrected chi connectivity index (χ4v) is 2.94. The van der Waals surface area contributed by atoms with Crippen molar-refractivity contribution < 1.29 is 5.11 Å². The van der Waals surface area contributed by atoms with Crippen LogP contribution >= 0.6 is 0 Å². The Labute approximate surface area is 110 Å². The lowest BCUT2D eigenvalue weighted by molar-refractivity contribution is 0.133. The summed E-state index contributed by atoms with van der Waals surface area (Å²) in [5.74, 6) is 0. The van der Waals surface area contributed by atoms with Gasteiger partial charge in [-0.25, -0.2) is 0 Å². The van der Waals surface area contributed by atoms with Crippen LogP contribution in [0.15, 0.2) is 12.4 Å². The molecule has 2 rings (SSSR count). The van der Waals surface area contributed by atoms with Gasteiger partial charge in [0, 0.05) is 19.3 Å². The number of hydrogen-bond donors (Lipinski definition) is 1. The first kappa shape index (κ1) is 13.6. The van der Waals surface area contributed by atoms with E-state index in [9.17, 15) is 5.11 Å². The average Bonchev–Trinajstić information content (AvgIpc) is 2.88. The second kappa shape index (κ2) is 6.34. The SMILES string of the molecule is CC(O)CC1CCCN1CCCc1cnn(C)c1. The molecule has 1 N–H and O–H groups in total. The number of aryl methyl sites for hydroxylation is 2. The van der Waals surface area contributed by atoms with Crippen LogP contribution in [0.5, 0.6) is 0 Å². The van der Waals surface area contributed by atoms with Gasteiger partial charge in [0.2, 0.25) is 0 Å². The number of aliphatic hydroxyl groups excluding tert-OH is 1. The molecule has 2 heterocycles. The molecule has 0 amide bonds. The fourth-order valence-electron chi connectivity index (χ4n) is 2.94. The van der Waals surface area contributed by atoms with Crippen molar-refractivity contribution >= 4 is 0 Å². The quantitative estimate of drug-likeness (QED) is 0.835. The molecular formula is C14H25N3O. The molecule has 4 nitrogen and oxygen atoms in total. The Bertz CT molecular complexity index is 362. The van der Waals surface area contributed by atoms with Gasteiger partial charge in [-0.2, -0.15) is 5.10 Å². The van der Waals surface area contributed by atoms with Gasteiger partial charge < -0.3 is 10.0 Å². The molecule has 0 bridgehead atoms. The largest absolute Gasteiger partial charge is 0.393 e. The number of aromatic nitrogens is 2. The first-order chi connectivity index (χ1) is 8.65. The van der Waals surface area contributed by atoms with E-state index in [-0.39, 0.29) is 6.10 Å². The lowest BCUT2D eigenvalue weighted by Gasteiger charge is -2.25. The van der Waals surface area contributed by atoms with Gasteiger partial charge in [-0.05, 0) is 57.7 Å². The lowest BCUT2D eigenvalue weighted by atomic mass is 10.1. The lowest BCUT2D eigenvalue weighted by Crippen LogP contribution is -2.32. The highest BCUT2D eigenvalue weighted by Gasteiger charge is 2.24. The van der Waals surface area contributed by atoms with E-state index in [4.69, 9.17) is 0 Å². The minimum atomic E-state index is -0.172. The Morgan fingerprint density at radius 3 is 3.06 bits per heavy atom. The maximum absolute atomic E-state index is 9.50. The minimum absolute atomic E-state index is 0.172. The third-order valence-corrected chi connectivity index (χ3v) is 3.78. The highest BCUT2D eigenvalue weighted by molar-refractivity contribution is 5.03. The van der Waals surface area contributed by atoms with E-state index >= 15 is 0 Å². The van der Waals surface area contributed by atoms with E-state index < -0.39 is 0 Å². The van der Waals surface area contributed by atoms with Crippen LogP contribution in [0.2, 0.25) is 0 Å². The topological polar surface area (TPSA) is 41.3 Å². The summed E-state index contributed by atoms with van der Waals surface area (Å²) in [6.45, 7) is 4.24. The van der Waals surface area contributed by atoms with Crippen molar-refractivity contribution in [1.29, 1.82) is 0 Å². The van der Waals surface area contributed by atoms with Crippen LogP contribution in [-0.2, 0) is 13.5 Å². The predicted octanol–water partition coefficient (Wildman–Crippen LogP) is 1.59. The number of likely N-dealkylation sites (tertiary alicyclic amines) is 1. The van der Waals surface area contributed by atoms with Crippen molar-refractivity contribution in [3.8, 4) is 0 Å². The first-order valence-electron chi connectivity index (χ1n) is 7.05. The monoisotopic (exact) mass is 251 g/mol. The third-order valence-electron chi connectivity index (χ3n) is 3.78. The standard InChI is InChI=1S/C14H25N3O/c1-12(18)9-14-6-4-8-17(14)7-3-5-13-10-15-16(2)11-13/h10-12,14,18H,3-9H2,1-2H3. The van der Waals surface area contributed by atoms with Crippen LogP contribution in [0, 0.1) is 0 Å². The van der Waals surface area contributed by atoms with Crippen molar-refractivity contribution in [3.63, 3.8) is 0 Å². The molecule has 0 saturated carbocycles. The summed E-state index contributed by atoms with van der Waals surface area (Å²) < 4.78 is 1.86. The van der Waals surface area contributed by atoms with Crippen LogP contribution in [0.3, 0.4) is 0 Å². The van der Waals surface area contributed by atoms with Crippen molar-refractivity contribution in [2.45, 2.75) is 51.2 Å². The smallest absolute Gasteiger partial charge is 0.0527 e. The second-order valence-electron chi connectivity index (χ2n) is 5.54. The molecule has 2 atom stereocenters. The molecule has 1 saturated heterocycles. The third kappa shape index (κ3) is 3.82. The first-order valence-corrected chi connectivity index (χ1v) is 7.05. The molecule has 1 aromatic rings. The number of aliphatic hydroxyl groups is 1. The Balaban J connectivity index is 1.72. The Morgan fingerprint density at radius 1 is 1.56 bits per heavy atom. The van der Waals surface area contributed by atoms with E-state index in [0.717, 1.165) is 19.4 Å². The van der Waals surface area contributed by atoms with Gasteiger partial charge in [-0.15, -0.1) is 0 Å². The van der Waals surface area contributed by atoms with Crippen molar-refractivity contribution in [2.24, 2.45) is 7.05 Å². The average molecular weight is 251 g/mol. The molecule has 2 unspecified atom stereocenters. The summed E-state index contributed by atoms with van der Waals surface area (Å²) in [7, 11) is 1.96. The molecule has 0 spiro atoms. The van der Waals surface area contributed by atoms with Crippen LogP contribution in [0.1, 0.15) is 38.2 Å². The molecule has 0 radical (unpaired) electrons. The van der Waals surface area contributed by atoms with Crippen molar-refractivity contribution in [2.75, 3.05) is 13.1 Å². The number of nitrogens with zero attached hydrogens (tertiary/aromatic N) is 3. The van der Waals surface area contributed by atoms with E-state index in [1.807, 2.05) is 24.9 Å². The molecule has 0 aromatic carbocycles. The molecule has 102 valence electrons. The van der Waals surface area contributed by atoms with Gasteiger partial charge in [0.1, 0.15) is 0 Å². The zero-order chi connectivity index (χ0) is 13.0. The van der Waals surface area contributed by atoms with Crippen LogP contribution in [-0.4, -0.2) is 45.0 Å². The zero-order valence-electron chi connectivity index (χ0n) is 11.5. The number of hydrogen-bond acceptors (Lipinski definition) is 3. The van der Waals surface area contributed by atoms with Crippen molar-refractivity contribution in [3.05, 3.63) is 18.0 Å². The molecule has 1 aliphatic heterocycles. The summed E-state index contributed by atoms with van der Waals surface area (Å²) in [5.41, 5.74) is 1.32. The maximum atomic E-state index is 9.50.